The summed E-state index contributed by atoms with van der Waals surface area (Å²) in [5, 5.41) is 3.42. The van der Waals surface area contributed by atoms with Crippen LogP contribution in [0.4, 0.5) is 11.4 Å². The average molecular weight is 428 g/mol. The topological polar surface area (TPSA) is 54.0 Å². The Labute approximate surface area is 182 Å². The Hall–Kier alpha value is -2.70. The first kappa shape index (κ1) is 20.6. The number of piperazine rings is 1. The SMILES string of the molecule is CCN1CCN(c2ccc(NC(=O)C=Cc3cc(Cl)c4c(c3)OCO4)c(C)c2)CC1. The number of carbonyl (C=O) groups is 1. The minimum Gasteiger partial charge on any atom is -0.454 e. The molecule has 0 atom stereocenters. The second-order valence-electron chi connectivity index (χ2n) is 7.48. The maximum Gasteiger partial charge on any atom is 0.248 e. The number of rotatable bonds is 5. The molecule has 30 heavy (non-hydrogen) atoms. The molecule has 0 aliphatic carbocycles. The molecule has 0 spiro atoms. The Balaban J connectivity index is 1.39. The van der Waals surface area contributed by atoms with Crippen LogP contribution in [-0.2, 0) is 4.79 Å². The number of amides is 1. The Morgan fingerprint density at radius 3 is 2.70 bits per heavy atom. The zero-order chi connectivity index (χ0) is 21.1. The molecule has 2 aliphatic rings. The van der Waals surface area contributed by atoms with E-state index >= 15 is 0 Å². The van der Waals surface area contributed by atoms with E-state index in [0.717, 1.165) is 49.5 Å². The standard InChI is InChI=1S/C23H26ClN3O3/c1-3-26-8-10-27(11-9-26)18-5-6-20(16(2)12-18)25-22(28)7-4-17-13-19(24)23-21(14-17)29-15-30-23/h4-7,12-14H,3,8-11,15H2,1-2H3,(H,25,28). The van der Waals surface area contributed by atoms with E-state index in [9.17, 15) is 4.79 Å². The van der Waals surface area contributed by atoms with Crippen LogP contribution in [0.25, 0.3) is 6.08 Å². The first-order chi connectivity index (χ1) is 14.5. The summed E-state index contributed by atoms with van der Waals surface area (Å²) in [6.07, 6.45) is 3.20. The molecule has 1 amide bonds. The predicted molar refractivity (Wildman–Crippen MR) is 121 cm³/mol. The molecule has 6 nitrogen and oxygen atoms in total. The van der Waals surface area contributed by atoms with Gasteiger partial charge in [0.25, 0.3) is 0 Å². The van der Waals surface area contributed by atoms with Gasteiger partial charge in [-0.05, 0) is 61.0 Å². The van der Waals surface area contributed by atoms with Gasteiger partial charge in [-0.3, -0.25) is 4.79 Å². The number of benzene rings is 2. The van der Waals surface area contributed by atoms with Crippen LogP contribution in [0.2, 0.25) is 5.02 Å². The minimum absolute atomic E-state index is 0.159. The van der Waals surface area contributed by atoms with Gasteiger partial charge in [0.15, 0.2) is 11.5 Å². The number of anilines is 2. The number of hydrogen-bond donors (Lipinski definition) is 1. The van der Waals surface area contributed by atoms with Crippen LogP contribution in [0.3, 0.4) is 0 Å². The van der Waals surface area contributed by atoms with Crippen molar-refractivity contribution >= 4 is 35.0 Å². The summed E-state index contributed by atoms with van der Waals surface area (Å²) < 4.78 is 10.7. The zero-order valence-electron chi connectivity index (χ0n) is 17.3. The third kappa shape index (κ3) is 4.55. The van der Waals surface area contributed by atoms with E-state index in [2.05, 4.69) is 34.2 Å². The van der Waals surface area contributed by atoms with Gasteiger partial charge in [-0.15, -0.1) is 0 Å². The highest BCUT2D eigenvalue weighted by atomic mass is 35.5. The summed E-state index contributed by atoms with van der Waals surface area (Å²) >= 11 is 6.19. The molecule has 1 fully saturated rings. The maximum atomic E-state index is 12.4. The van der Waals surface area contributed by atoms with Crippen molar-refractivity contribution in [2.75, 3.05) is 49.7 Å². The van der Waals surface area contributed by atoms with Crippen molar-refractivity contribution in [2.24, 2.45) is 0 Å². The van der Waals surface area contributed by atoms with Crippen LogP contribution in [0.5, 0.6) is 11.5 Å². The lowest BCUT2D eigenvalue weighted by atomic mass is 10.1. The highest BCUT2D eigenvalue weighted by molar-refractivity contribution is 6.32. The van der Waals surface area contributed by atoms with E-state index in [0.29, 0.717) is 16.5 Å². The van der Waals surface area contributed by atoms with Gasteiger partial charge in [0.2, 0.25) is 12.7 Å². The van der Waals surface area contributed by atoms with Crippen molar-refractivity contribution in [1.29, 1.82) is 0 Å². The number of nitrogens with one attached hydrogen (secondary N) is 1. The summed E-state index contributed by atoms with van der Waals surface area (Å²) in [4.78, 5) is 17.3. The van der Waals surface area contributed by atoms with Gasteiger partial charge in [-0.25, -0.2) is 0 Å². The van der Waals surface area contributed by atoms with Gasteiger partial charge in [-0.2, -0.15) is 0 Å². The van der Waals surface area contributed by atoms with E-state index in [-0.39, 0.29) is 12.7 Å². The quantitative estimate of drug-likeness (QED) is 0.726. The third-order valence-corrected chi connectivity index (χ3v) is 5.81. The van der Waals surface area contributed by atoms with Crippen LogP contribution < -0.4 is 19.7 Å². The smallest absolute Gasteiger partial charge is 0.248 e. The van der Waals surface area contributed by atoms with E-state index < -0.39 is 0 Å². The molecule has 1 N–H and O–H groups in total. The van der Waals surface area contributed by atoms with Crippen LogP contribution >= 0.6 is 11.6 Å². The molecule has 0 radical (unpaired) electrons. The molecule has 158 valence electrons. The number of ether oxygens (including phenoxy) is 2. The molecule has 4 rings (SSSR count). The zero-order valence-corrected chi connectivity index (χ0v) is 18.0. The summed E-state index contributed by atoms with van der Waals surface area (Å²) in [5.41, 5.74) is 3.83. The van der Waals surface area contributed by atoms with Crippen molar-refractivity contribution in [3.05, 3.63) is 52.6 Å². The van der Waals surface area contributed by atoms with E-state index in [1.807, 2.05) is 13.0 Å². The van der Waals surface area contributed by atoms with Gasteiger partial charge in [0.1, 0.15) is 0 Å². The molecular formula is C23H26ClN3O3. The molecule has 7 heteroatoms. The van der Waals surface area contributed by atoms with Gasteiger partial charge >= 0.3 is 0 Å². The molecule has 1 saturated heterocycles. The van der Waals surface area contributed by atoms with Crippen LogP contribution in [0, 0.1) is 6.92 Å². The minimum atomic E-state index is -0.198. The normalized spacial score (nSPS) is 16.3. The van der Waals surface area contributed by atoms with E-state index in [1.54, 1.807) is 18.2 Å². The van der Waals surface area contributed by atoms with Crippen LogP contribution in [0.15, 0.2) is 36.4 Å². The van der Waals surface area contributed by atoms with Crippen molar-refractivity contribution in [2.45, 2.75) is 13.8 Å². The van der Waals surface area contributed by atoms with Crippen molar-refractivity contribution in [1.82, 2.24) is 4.90 Å². The van der Waals surface area contributed by atoms with Gasteiger partial charge in [0, 0.05) is 43.6 Å². The number of carbonyl (C=O) groups excluding carboxylic acids is 1. The summed E-state index contributed by atoms with van der Waals surface area (Å²) in [5.74, 6) is 0.940. The third-order valence-electron chi connectivity index (χ3n) is 5.53. The van der Waals surface area contributed by atoms with Crippen LogP contribution in [0.1, 0.15) is 18.1 Å². The lowest BCUT2D eigenvalue weighted by Crippen LogP contribution is -2.46. The monoisotopic (exact) mass is 427 g/mol. The maximum absolute atomic E-state index is 12.4. The molecule has 2 aromatic carbocycles. The molecule has 2 aliphatic heterocycles. The molecule has 2 aromatic rings. The first-order valence-corrected chi connectivity index (χ1v) is 10.6. The van der Waals surface area contributed by atoms with Crippen molar-refractivity contribution in [3.8, 4) is 11.5 Å². The largest absolute Gasteiger partial charge is 0.454 e. The van der Waals surface area contributed by atoms with Gasteiger partial charge in [-0.1, -0.05) is 18.5 Å². The fourth-order valence-corrected chi connectivity index (χ4v) is 4.01. The molecule has 0 aromatic heterocycles. The number of fused-ring (bicyclic) bond motifs is 1. The highest BCUT2D eigenvalue weighted by Crippen LogP contribution is 2.40. The molecule has 0 saturated carbocycles. The lowest BCUT2D eigenvalue weighted by Gasteiger charge is -2.35. The Bertz CT molecular complexity index is 968. The Kier molecular flexibility index (Phi) is 6.16. The summed E-state index contributed by atoms with van der Waals surface area (Å²) in [6.45, 7) is 9.71. The molecular weight excluding hydrogens is 402 g/mol. The summed E-state index contributed by atoms with van der Waals surface area (Å²) in [6, 6.07) is 9.73. The van der Waals surface area contributed by atoms with E-state index in [4.69, 9.17) is 21.1 Å². The first-order valence-electron chi connectivity index (χ1n) is 10.2. The van der Waals surface area contributed by atoms with Crippen molar-refractivity contribution in [3.63, 3.8) is 0 Å². The molecule has 2 heterocycles. The Morgan fingerprint density at radius 1 is 1.17 bits per heavy atom. The Morgan fingerprint density at radius 2 is 1.97 bits per heavy atom. The average Bonchev–Trinajstić information content (AvgIpc) is 3.23. The second kappa shape index (κ2) is 8.98. The number of likely N-dealkylation sites (N-methyl/N-ethyl adjacent to an activating group) is 1. The second-order valence-corrected chi connectivity index (χ2v) is 7.89. The lowest BCUT2D eigenvalue weighted by molar-refractivity contribution is -0.111. The van der Waals surface area contributed by atoms with Crippen molar-refractivity contribution < 1.29 is 14.3 Å². The van der Waals surface area contributed by atoms with Gasteiger partial charge in [0.05, 0.1) is 5.02 Å². The fraction of sp³-hybridized carbons (Fsp3) is 0.348. The fourth-order valence-electron chi connectivity index (χ4n) is 3.74. The predicted octanol–water partition coefficient (Wildman–Crippen LogP) is 4.17. The van der Waals surface area contributed by atoms with E-state index in [1.165, 1.54) is 11.8 Å². The molecule has 0 bridgehead atoms. The number of hydrogen-bond acceptors (Lipinski definition) is 5. The summed E-state index contributed by atoms with van der Waals surface area (Å²) in [7, 11) is 0. The number of aryl methyl sites for hydroxylation is 1. The van der Waals surface area contributed by atoms with Crippen LogP contribution in [-0.4, -0.2) is 50.3 Å². The number of halogens is 1. The highest BCUT2D eigenvalue weighted by Gasteiger charge is 2.18. The molecule has 0 unspecified atom stereocenters. The number of nitrogens with zero attached hydrogens (tertiary/aromatic N) is 2. The van der Waals surface area contributed by atoms with Gasteiger partial charge < -0.3 is 24.6 Å².